The Balaban J connectivity index is 2.23. The van der Waals surface area contributed by atoms with Crippen molar-refractivity contribution in [1.29, 1.82) is 0 Å². The van der Waals surface area contributed by atoms with Crippen LogP contribution in [0, 0.1) is 17.0 Å². The van der Waals surface area contributed by atoms with Crippen molar-refractivity contribution >= 4 is 11.6 Å². The van der Waals surface area contributed by atoms with Crippen molar-refractivity contribution in [3.8, 4) is 0 Å². The summed E-state index contributed by atoms with van der Waals surface area (Å²) < 4.78 is 0. The number of amides is 1. The molecule has 6 nitrogen and oxygen atoms in total. The zero-order chi connectivity index (χ0) is 13.3. The minimum absolute atomic E-state index is 0.0227. The molecule has 1 saturated heterocycles. The number of rotatable bonds is 2. The molecular weight excluding hydrogens is 236 g/mol. The largest absolute Gasteiger partial charge is 0.391 e. The van der Waals surface area contributed by atoms with Crippen molar-refractivity contribution in [2.75, 3.05) is 13.1 Å². The molecule has 1 atom stereocenters. The Kier molecular flexibility index (Phi) is 3.29. The van der Waals surface area contributed by atoms with E-state index in [9.17, 15) is 20.0 Å². The predicted octanol–water partition coefficient (Wildman–Crippen LogP) is 1.11. The van der Waals surface area contributed by atoms with E-state index in [1.807, 2.05) is 0 Å². The van der Waals surface area contributed by atoms with Crippen molar-refractivity contribution in [1.82, 2.24) is 4.90 Å². The molecule has 0 aliphatic carbocycles. The molecule has 18 heavy (non-hydrogen) atoms. The Morgan fingerprint density at radius 3 is 2.78 bits per heavy atom. The van der Waals surface area contributed by atoms with E-state index in [1.54, 1.807) is 11.8 Å². The number of likely N-dealkylation sites (tertiary alicyclic amines) is 1. The first-order chi connectivity index (χ1) is 8.49. The summed E-state index contributed by atoms with van der Waals surface area (Å²) in [5, 5.41) is 20.0. The molecule has 96 valence electrons. The van der Waals surface area contributed by atoms with E-state index in [0.717, 1.165) is 0 Å². The number of aryl methyl sites for hydroxylation is 1. The molecule has 1 amide bonds. The highest BCUT2D eigenvalue weighted by Gasteiger charge is 2.26. The van der Waals surface area contributed by atoms with Crippen LogP contribution in [0.3, 0.4) is 0 Å². The van der Waals surface area contributed by atoms with E-state index in [2.05, 4.69) is 0 Å². The minimum atomic E-state index is -0.485. The van der Waals surface area contributed by atoms with Crippen molar-refractivity contribution in [3.05, 3.63) is 39.4 Å². The molecule has 2 rings (SSSR count). The van der Waals surface area contributed by atoms with Crippen LogP contribution in [0.1, 0.15) is 22.3 Å². The molecule has 0 radical (unpaired) electrons. The number of nitro groups is 1. The quantitative estimate of drug-likeness (QED) is 0.629. The van der Waals surface area contributed by atoms with Gasteiger partial charge >= 0.3 is 0 Å². The van der Waals surface area contributed by atoms with Gasteiger partial charge in [-0.25, -0.2) is 0 Å². The van der Waals surface area contributed by atoms with Gasteiger partial charge in [0.1, 0.15) is 0 Å². The molecule has 0 saturated carbocycles. The normalized spacial score (nSPS) is 19.0. The van der Waals surface area contributed by atoms with E-state index >= 15 is 0 Å². The molecule has 0 unspecified atom stereocenters. The van der Waals surface area contributed by atoms with Crippen molar-refractivity contribution in [2.24, 2.45) is 0 Å². The van der Waals surface area contributed by atoms with Gasteiger partial charge < -0.3 is 10.0 Å². The molecule has 1 aliphatic rings. The third kappa shape index (κ3) is 2.33. The van der Waals surface area contributed by atoms with E-state index in [1.165, 1.54) is 18.2 Å². The first-order valence-corrected chi connectivity index (χ1v) is 5.71. The van der Waals surface area contributed by atoms with Gasteiger partial charge in [-0.3, -0.25) is 14.9 Å². The third-order valence-corrected chi connectivity index (χ3v) is 3.10. The Labute approximate surface area is 104 Å². The maximum absolute atomic E-state index is 12.1. The molecule has 0 aromatic heterocycles. The Bertz CT molecular complexity index is 501. The molecular formula is C12H14N2O4. The lowest BCUT2D eigenvalue weighted by Gasteiger charge is -2.16. The number of benzene rings is 1. The smallest absolute Gasteiger partial charge is 0.269 e. The number of hydrogen-bond donors (Lipinski definition) is 1. The van der Waals surface area contributed by atoms with Crippen LogP contribution in [0.5, 0.6) is 0 Å². The van der Waals surface area contributed by atoms with Crippen molar-refractivity contribution in [2.45, 2.75) is 19.4 Å². The summed E-state index contributed by atoms with van der Waals surface area (Å²) in [4.78, 5) is 23.8. The molecule has 0 bridgehead atoms. The summed E-state index contributed by atoms with van der Waals surface area (Å²) in [6.45, 7) is 2.53. The minimum Gasteiger partial charge on any atom is -0.391 e. The lowest BCUT2D eigenvalue weighted by molar-refractivity contribution is -0.384. The highest BCUT2D eigenvalue weighted by atomic mass is 16.6. The van der Waals surface area contributed by atoms with Gasteiger partial charge in [-0.05, 0) is 25.0 Å². The van der Waals surface area contributed by atoms with Gasteiger partial charge in [0.15, 0.2) is 0 Å². The van der Waals surface area contributed by atoms with Crippen molar-refractivity contribution in [3.63, 3.8) is 0 Å². The topological polar surface area (TPSA) is 83.7 Å². The van der Waals surface area contributed by atoms with Crippen LogP contribution in [-0.4, -0.2) is 40.0 Å². The average molecular weight is 250 g/mol. The number of aliphatic hydroxyl groups excluding tert-OH is 1. The molecule has 1 aromatic carbocycles. The van der Waals surface area contributed by atoms with Crippen molar-refractivity contribution < 1.29 is 14.8 Å². The number of carbonyl (C=O) groups excluding carboxylic acids is 1. The highest BCUT2D eigenvalue weighted by Crippen LogP contribution is 2.20. The second-order valence-electron chi connectivity index (χ2n) is 4.45. The summed E-state index contributed by atoms with van der Waals surface area (Å²) in [5.74, 6) is -0.182. The van der Waals surface area contributed by atoms with Gasteiger partial charge in [0.25, 0.3) is 11.6 Å². The maximum atomic E-state index is 12.1. The first-order valence-electron chi connectivity index (χ1n) is 5.71. The Hall–Kier alpha value is -1.95. The van der Waals surface area contributed by atoms with Gasteiger partial charge in [-0.2, -0.15) is 0 Å². The number of hydrogen-bond acceptors (Lipinski definition) is 4. The summed E-state index contributed by atoms with van der Waals surface area (Å²) in [7, 11) is 0. The number of nitro benzene ring substituents is 1. The zero-order valence-electron chi connectivity index (χ0n) is 10.00. The monoisotopic (exact) mass is 250 g/mol. The summed E-state index contributed by atoms with van der Waals surface area (Å²) >= 11 is 0. The lowest BCUT2D eigenvalue weighted by Crippen LogP contribution is -2.30. The predicted molar refractivity (Wildman–Crippen MR) is 64.4 cm³/mol. The molecule has 1 aliphatic heterocycles. The second-order valence-corrected chi connectivity index (χ2v) is 4.45. The summed E-state index contributed by atoms with van der Waals surface area (Å²) in [6.07, 6.45) is 0.116. The molecule has 1 N–H and O–H groups in total. The van der Waals surface area contributed by atoms with E-state index < -0.39 is 11.0 Å². The number of nitrogens with zero attached hydrogens (tertiary/aromatic N) is 2. The standard InChI is InChI=1S/C12H14N2O4/c1-8-6-9(14(17)18)2-3-11(8)12(16)13-5-4-10(15)7-13/h2-3,6,10,15H,4-5,7H2,1H3/t10-/m1/s1. The number of β-amino-alcohol motifs (C(OH)–C–C–N with tert-alkyl or cyclic N) is 1. The summed E-state index contributed by atoms with van der Waals surface area (Å²) in [6, 6.07) is 4.19. The molecule has 0 spiro atoms. The van der Waals surface area contributed by atoms with Gasteiger partial charge in [0.2, 0.25) is 0 Å². The van der Waals surface area contributed by atoms with Crippen LogP contribution >= 0.6 is 0 Å². The van der Waals surface area contributed by atoms with Gasteiger partial charge in [0, 0.05) is 30.8 Å². The second kappa shape index (κ2) is 4.73. The third-order valence-electron chi connectivity index (χ3n) is 3.10. The van der Waals surface area contributed by atoms with Gasteiger partial charge in [-0.15, -0.1) is 0 Å². The van der Waals surface area contributed by atoms with E-state index in [4.69, 9.17) is 0 Å². The van der Waals surface area contributed by atoms with Gasteiger partial charge in [-0.1, -0.05) is 0 Å². The number of non-ortho nitro benzene ring substituents is 1. The highest BCUT2D eigenvalue weighted by molar-refractivity contribution is 5.96. The van der Waals surface area contributed by atoms with Crippen LogP contribution in [0.25, 0.3) is 0 Å². The fraction of sp³-hybridized carbons (Fsp3) is 0.417. The SMILES string of the molecule is Cc1cc([N+](=O)[O-])ccc1C(=O)N1CC[C@@H](O)C1. The molecule has 1 aromatic rings. The number of aliphatic hydroxyl groups is 1. The zero-order valence-corrected chi connectivity index (χ0v) is 10.00. The molecule has 1 fully saturated rings. The molecule has 1 heterocycles. The first kappa shape index (κ1) is 12.5. The summed E-state index contributed by atoms with van der Waals surface area (Å²) in [5.41, 5.74) is 1.01. The average Bonchev–Trinajstić information content (AvgIpc) is 2.74. The number of carbonyl (C=O) groups is 1. The van der Waals surface area contributed by atoms with Crippen LogP contribution in [-0.2, 0) is 0 Å². The van der Waals surface area contributed by atoms with E-state index in [-0.39, 0.29) is 11.6 Å². The Morgan fingerprint density at radius 2 is 2.28 bits per heavy atom. The van der Waals surface area contributed by atoms with Crippen LogP contribution in [0.4, 0.5) is 5.69 Å². The van der Waals surface area contributed by atoms with Gasteiger partial charge in [0.05, 0.1) is 11.0 Å². The molecule has 6 heteroatoms. The van der Waals surface area contributed by atoms with Crippen LogP contribution < -0.4 is 0 Å². The maximum Gasteiger partial charge on any atom is 0.269 e. The fourth-order valence-corrected chi connectivity index (χ4v) is 2.10. The fourth-order valence-electron chi connectivity index (χ4n) is 2.10. The van der Waals surface area contributed by atoms with Crippen LogP contribution in [0.15, 0.2) is 18.2 Å². The van der Waals surface area contributed by atoms with Crippen LogP contribution in [0.2, 0.25) is 0 Å². The lowest BCUT2D eigenvalue weighted by atomic mass is 10.1. The van der Waals surface area contributed by atoms with E-state index in [0.29, 0.717) is 30.6 Å². The Morgan fingerprint density at radius 1 is 1.56 bits per heavy atom.